The summed E-state index contributed by atoms with van der Waals surface area (Å²) in [6.45, 7) is 2.15. The standard InChI is InChI=1S/C12H17NO2/c1-14-11-5-10(6-12(7-11)15-2)9-3-4-13-8-9/h5-7,9,13H,3-4,8H2,1-2H3. The molecule has 0 spiro atoms. The summed E-state index contributed by atoms with van der Waals surface area (Å²) in [6, 6.07) is 6.10. The molecule has 1 aromatic rings. The molecule has 1 N–H and O–H groups in total. The van der Waals surface area contributed by atoms with E-state index in [1.165, 1.54) is 12.0 Å². The molecule has 3 nitrogen and oxygen atoms in total. The van der Waals surface area contributed by atoms with Gasteiger partial charge in [-0.25, -0.2) is 0 Å². The van der Waals surface area contributed by atoms with Gasteiger partial charge in [-0.2, -0.15) is 0 Å². The first-order chi connectivity index (χ1) is 7.33. The van der Waals surface area contributed by atoms with E-state index in [1.54, 1.807) is 14.2 Å². The maximum atomic E-state index is 5.26. The van der Waals surface area contributed by atoms with Crippen molar-refractivity contribution in [1.29, 1.82) is 0 Å². The highest BCUT2D eigenvalue weighted by atomic mass is 16.5. The number of rotatable bonds is 3. The quantitative estimate of drug-likeness (QED) is 0.819. The summed E-state index contributed by atoms with van der Waals surface area (Å²) in [6.07, 6.45) is 1.19. The third-order valence-electron chi connectivity index (χ3n) is 2.91. The van der Waals surface area contributed by atoms with Crippen LogP contribution in [0.5, 0.6) is 11.5 Å². The van der Waals surface area contributed by atoms with Crippen LogP contribution in [-0.4, -0.2) is 27.3 Å². The fraction of sp³-hybridized carbons (Fsp3) is 0.500. The van der Waals surface area contributed by atoms with Crippen LogP contribution in [0.4, 0.5) is 0 Å². The van der Waals surface area contributed by atoms with Crippen molar-refractivity contribution in [2.24, 2.45) is 0 Å². The van der Waals surface area contributed by atoms with Crippen molar-refractivity contribution in [1.82, 2.24) is 5.32 Å². The Labute approximate surface area is 90.4 Å². The van der Waals surface area contributed by atoms with Crippen molar-refractivity contribution in [2.45, 2.75) is 12.3 Å². The second-order valence-corrected chi connectivity index (χ2v) is 3.84. The Hall–Kier alpha value is -1.22. The van der Waals surface area contributed by atoms with Crippen LogP contribution in [0.15, 0.2) is 18.2 Å². The summed E-state index contributed by atoms with van der Waals surface area (Å²) in [5, 5.41) is 3.36. The molecule has 1 atom stereocenters. The molecule has 0 bridgehead atoms. The molecule has 0 saturated carbocycles. The Morgan fingerprint density at radius 2 is 1.80 bits per heavy atom. The lowest BCUT2D eigenvalue weighted by atomic mass is 9.98. The Morgan fingerprint density at radius 3 is 2.27 bits per heavy atom. The molecule has 1 fully saturated rings. The van der Waals surface area contributed by atoms with Crippen LogP contribution in [0, 0.1) is 0 Å². The van der Waals surface area contributed by atoms with Crippen molar-refractivity contribution in [2.75, 3.05) is 27.3 Å². The summed E-state index contributed by atoms with van der Waals surface area (Å²) in [5.74, 6) is 2.33. The van der Waals surface area contributed by atoms with E-state index in [0.717, 1.165) is 24.6 Å². The third kappa shape index (κ3) is 2.23. The molecule has 1 saturated heterocycles. The number of hydrogen-bond donors (Lipinski definition) is 1. The molecule has 15 heavy (non-hydrogen) atoms. The molecule has 0 aromatic heterocycles. The van der Waals surface area contributed by atoms with Gasteiger partial charge in [-0.1, -0.05) is 0 Å². The van der Waals surface area contributed by atoms with Crippen LogP contribution in [-0.2, 0) is 0 Å². The van der Waals surface area contributed by atoms with Crippen LogP contribution >= 0.6 is 0 Å². The van der Waals surface area contributed by atoms with Gasteiger partial charge in [-0.15, -0.1) is 0 Å². The Bertz CT molecular complexity index is 310. The summed E-state index contributed by atoms with van der Waals surface area (Å²) >= 11 is 0. The molecule has 0 aliphatic carbocycles. The first kappa shape index (κ1) is 10.3. The fourth-order valence-corrected chi connectivity index (χ4v) is 2.00. The number of hydrogen-bond acceptors (Lipinski definition) is 3. The minimum Gasteiger partial charge on any atom is -0.497 e. The van der Waals surface area contributed by atoms with Gasteiger partial charge in [0.2, 0.25) is 0 Å². The molecular weight excluding hydrogens is 190 g/mol. The molecule has 1 unspecified atom stereocenters. The van der Waals surface area contributed by atoms with E-state index in [9.17, 15) is 0 Å². The molecule has 2 rings (SSSR count). The van der Waals surface area contributed by atoms with E-state index in [4.69, 9.17) is 9.47 Å². The second-order valence-electron chi connectivity index (χ2n) is 3.84. The summed E-state index contributed by atoms with van der Waals surface area (Å²) in [4.78, 5) is 0. The van der Waals surface area contributed by atoms with E-state index in [1.807, 2.05) is 6.07 Å². The van der Waals surface area contributed by atoms with Crippen molar-refractivity contribution in [3.63, 3.8) is 0 Å². The lowest BCUT2D eigenvalue weighted by Crippen LogP contribution is -2.08. The zero-order chi connectivity index (χ0) is 10.7. The maximum absolute atomic E-state index is 5.26. The molecule has 82 valence electrons. The predicted molar refractivity (Wildman–Crippen MR) is 59.8 cm³/mol. The SMILES string of the molecule is COc1cc(OC)cc(C2CCNC2)c1. The Kier molecular flexibility index (Phi) is 3.11. The van der Waals surface area contributed by atoms with Gasteiger partial charge >= 0.3 is 0 Å². The van der Waals surface area contributed by atoms with Crippen molar-refractivity contribution in [3.05, 3.63) is 23.8 Å². The van der Waals surface area contributed by atoms with Crippen LogP contribution in [0.25, 0.3) is 0 Å². The third-order valence-corrected chi connectivity index (χ3v) is 2.91. The molecule has 0 amide bonds. The topological polar surface area (TPSA) is 30.5 Å². The molecular formula is C12H17NO2. The monoisotopic (exact) mass is 207 g/mol. The zero-order valence-corrected chi connectivity index (χ0v) is 9.25. The molecule has 1 heterocycles. The molecule has 0 radical (unpaired) electrons. The first-order valence-corrected chi connectivity index (χ1v) is 5.27. The summed E-state index contributed by atoms with van der Waals surface area (Å²) in [7, 11) is 3.37. The molecule has 1 aliphatic heterocycles. The fourth-order valence-electron chi connectivity index (χ4n) is 2.00. The van der Waals surface area contributed by atoms with E-state index >= 15 is 0 Å². The van der Waals surface area contributed by atoms with Gasteiger partial charge in [-0.05, 0) is 36.6 Å². The van der Waals surface area contributed by atoms with Crippen LogP contribution in [0.1, 0.15) is 17.9 Å². The predicted octanol–water partition coefficient (Wildman–Crippen LogP) is 1.78. The highest BCUT2D eigenvalue weighted by Gasteiger charge is 2.17. The van der Waals surface area contributed by atoms with Crippen molar-refractivity contribution >= 4 is 0 Å². The van der Waals surface area contributed by atoms with E-state index in [2.05, 4.69) is 17.4 Å². The van der Waals surface area contributed by atoms with E-state index in [0.29, 0.717) is 5.92 Å². The highest BCUT2D eigenvalue weighted by molar-refractivity contribution is 5.40. The first-order valence-electron chi connectivity index (χ1n) is 5.27. The number of ether oxygens (including phenoxy) is 2. The lowest BCUT2D eigenvalue weighted by molar-refractivity contribution is 0.393. The Balaban J connectivity index is 2.28. The van der Waals surface area contributed by atoms with Gasteiger partial charge in [0.05, 0.1) is 14.2 Å². The number of benzene rings is 1. The molecule has 3 heteroatoms. The van der Waals surface area contributed by atoms with E-state index < -0.39 is 0 Å². The summed E-state index contributed by atoms with van der Waals surface area (Å²) < 4.78 is 10.5. The number of nitrogens with one attached hydrogen (secondary N) is 1. The van der Waals surface area contributed by atoms with E-state index in [-0.39, 0.29) is 0 Å². The van der Waals surface area contributed by atoms with Gasteiger partial charge in [0.15, 0.2) is 0 Å². The van der Waals surface area contributed by atoms with Gasteiger partial charge < -0.3 is 14.8 Å². The van der Waals surface area contributed by atoms with Gasteiger partial charge in [-0.3, -0.25) is 0 Å². The average molecular weight is 207 g/mol. The molecule has 1 aromatic carbocycles. The number of methoxy groups -OCH3 is 2. The van der Waals surface area contributed by atoms with Gasteiger partial charge in [0.25, 0.3) is 0 Å². The highest BCUT2D eigenvalue weighted by Crippen LogP contribution is 2.30. The van der Waals surface area contributed by atoms with Gasteiger partial charge in [0, 0.05) is 12.6 Å². The largest absolute Gasteiger partial charge is 0.497 e. The van der Waals surface area contributed by atoms with Crippen LogP contribution in [0.3, 0.4) is 0 Å². The normalized spacial score (nSPS) is 20.3. The maximum Gasteiger partial charge on any atom is 0.122 e. The second kappa shape index (κ2) is 4.53. The summed E-state index contributed by atoms with van der Waals surface area (Å²) in [5.41, 5.74) is 1.30. The van der Waals surface area contributed by atoms with Crippen LogP contribution < -0.4 is 14.8 Å². The smallest absolute Gasteiger partial charge is 0.122 e. The van der Waals surface area contributed by atoms with Gasteiger partial charge in [0.1, 0.15) is 11.5 Å². The van der Waals surface area contributed by atoms with Crippen molar-refractivity contribution in [3.8, 4) is 11.5 Å². The minimum atomic E-state index is 0.592. The Morgan fingerprint density at radius 1 is 1.13 bits per heavy atom. The van der Waals surface area contributed by atoms with Crippen LogP contribution in [0.2, 0.25) is 0 Å². The zero-order valence-electron chi connectivity index (χ0n) is 9.25. The van der Waals surface area contributed by atoms with Crippen molar-refractivity contribution < 1.29 is 9.47 Å². The lowest BCUT2D eigenvalue weighted by Gasteiger charge is -2.12. The molecule has 1 aliphatic rings. The average Bonchev–Trinajstić information content (AvgIpc) is 2.81. The minimum absolute atomic E-state index is 0.592.